The number of benzene rings is 9. The average Bonchev–Trinajstić information content (AvgIpc) is 3.87. The van der Waals surface area contributed by atoms with Crippen LogP contribution in [0, 0.1) is 0 Å². The molecule has 0 saturated heterocycles. The van der Waals surface area contributed by atoms with Crippen LogP contribution in [-0.4, -0.2) is 0 Å². The van der Waals surface area contributed by atoms with Gasteiger partial charge in [-0.05, 0) is 101 Å². The summed E-state index contributed by atoms with van der Waals surface area (Å²) in [6.45, 7) is 0. The van der Waals surface area contributed by atoms with Crippen molar-refractivity contribution in [1.82, 2.24) is 0 Å². The third-order valence-electron chi connectivity index (χ3n) is 11.0. The Bertz CT molecular complexity index is 3040. The molecule has 274 valence electrons. The lowest BCUT2D eigenvalue weighted by Crippen LogP contribution is -2.10. The highest BCUT2D eigenvalue weighted by molar-refractivity contribution is 6.11. The number of hydrogen-bond donors (Lipinski definition) is 0. The number of para-hydroxylation sites is 6. The first-order valence-electron chi connectivity index (χ1n) is 19.6. The van der Waals surface area contributed by atoms with Crippen LogP contribution in [0.1, 0.15) is 0 Å². The van der Waals surface area contributed by atoms with Gasteiger partial charge in [0, 0.05) is 44.3 Å². The summed E-state index contributed by atoms with van der Waals surface area (Å²) >= 11 is 0. The van der Waals surface area contributed by atoms with Crippen molar-refractivity contribution in [3.05, 3.63) is 218 Å². The highest BCUT2D eigenvalue weighted by atomic mass is 16.3. The van der Waals surface area contributed by atoms with Crippen LogP contribution in [0.25, 0.3) is 66.1 Å². The second-order valence-electron chi connectivity index (χ2n) is 14.5. The topological polar surface area (TPSA) is 32.8 Å². The maximum atomic E-state index is 6.55. The van der Waals surface area contributed by atoms with Crippen LogP contribution in [0.2, 0.25) is 0 Å². The van der Waals surface area contributed by atoms with Crippen molar-refractivity contribution < 1.29 is 8.83 Å². The lowest BCUT2D eigenvalue weighted by Gasteiger charge is -2.26. The SMILES string of the molecule is c1ccc(N(c2cccc(-c3cccc(-c4cccc(N(c5ccccc5)c5cccc6c5oc5ccccc56)c4)c3)c2)c2cccc3c2oc2ccccc23)cc1. The standard InChI is InChI=1S/C54H36N2O2/c1-3-20-41(21-4-1)55(49-30-14-28-47-45-26-7-9-32-51(45)57-53(47)49)43-24-12-18-39(35-43)37-16-11-17-38(34-37)40-19-13-25-44(36-40)56(42-22-5-2-6-23-42)50-31-15-29-48-46-27-8-10-33-52(46)58-54(48)50/h1-36H. The predicted octanol–water partition coefficient (Wildman–Crippen LogP) is 15.8. The molecule has 0 aliphatic rings. The maximum Gasteiger partial charge on any atom is 0.159 e. The van der Waals surface area contributed by atoms with Gasteiger partial charge in [-0.15, -0.1) is 0 Å². The number of nitrogens with zero attached hydrogens (tertiary/aromatic N) is 2. The van der Waals surface area contributed by atoms with E-state index in [1.54, 1.807) is 0 Å². The molecule has 58 heavy (non-hydrogen) atoms. The second-order valence-corrected chi connectivity index (χ2v) is 14.5. The minimum Gasteiger partial charge on any atom is -0.454 e. The smallest absolute Gasteiger partial charge is 0.159 e. The van der Waals surface area contributed by atoms with E-state index in [1.165, 1.54) is 0 Å². The highest BCUT2D eigenvalue weighted by Crippen LogP contribution is 2.45. The Balaban J connectivity index is 1.000. The minimum atomic E-state index is 0.862. The zero-order chi connectivity index (χ0) is 38.4. The van der Waals surface area contributed by atoms with Crippen LogP contribution in [0.5, 0.6) is 0 Å². The Morgan fingerprint density at radius 3 is 1.07 bits per heavy atom. The molecule has 0 fully saturated rings. The number of furan rings is 2. The summed E-state index contributed by atoms with van der Waals surface area (Å²) in [4.78, 5) is 4.59. The van der Waals surface area contributed by atoms with Gasteiger partial charge in [0.05, 0.1) is 11.4 Å². The van der Waals surface area contributed by atoms with E-state index in [2.05, 4.69) is 204 Å². The first kappa shape index (κ1) is 33.5. The average molecular weight is 745 g/mol. The van der Waals surface area contributed by atoms with Crippen molar-refractivity contribution in [1.29, 1.82) is 0 Å². The fourth-order valence-corrected chi connectivity index (χ4v) is 8.35. The van der Waals surface area contributed by atoms with E-state index >= 15 is 0 Å². The molecule has 0 N–H and O–H groups in total. The molecule has 0 aliphatic carbocycles. The van der Waals surface area contributed by atoms with Gasteiger partial charge in [0.15, 0.2) is 11.2 Å². The van der Waals surface area contributed by atoms with Crippen LogP contribution in [0.4, 0.5) is 34.1 Å². The third-order valence-corrected chi connectivity index (χ3v) is 11.0. The molecule has 0 amide bonds. The Kier molecular flexibility index (Phi) is 8.11. The van der Waals surface area contributed by atoms with Gasteiger partial charge in [-0.1, -0.05) is 140 Å². The van der Waals surface area contributed by atoms with Gasteiger partial charge in [0.25, 0.3) is 0 Å². The van der Waals surface area contributed by atoms with Crippen molar-refractivity contribution in [2.75, 3.05) is 9.80 Å². The van der Waals surface area contributed by atoms with E-state index < -0.39 is 0 Å². The molecular formula is C54H36N2O2. The van der Waals surface area contributed by atoms with Crippen LogP contribution in [0.15, 0.2) is 227 Å². The molecule has 0 spiro atoms. The largest absolute Gasteiger partial charge is 0.454 e. The van der Waals surface area contributed by atoms with E-state index in [-0.39, 0.29) is 0 Å². The highest BCUT2D eigenvalue weighted by Gasteiger charge is 2.21. The summed E-state index contributed by atoms with van der Waals surface area (Å²) in [7, 11) is 0. The fraction of sp³-hybridized carbons (Fsp3) is 0. The molecule has 9 aromatic carbocycles. The van der Waals surface area contributed by atoms with Crippen LogP contribution >= 0.6 is 0 Å². The van der Waals surface area contributed by atoms with Gasteiger partial charge in [-0.2, -0.15) is 0 Å². The van der Waals surface area contributed by atoms with Crippen LogP contribution in [0.3, 0.4) is 0 Å². The lowest BCUT2D eigenvalue weighted by molar-refractivity contribution is 0.668. The van der Waals surface area contributed by atoms with Gasteiger partial charge in [-0.3, -0.25) is 0 Å². The quantitative estimate of drug-likeness (QED) is 0.155. The minimum absolute atomic E-state index is 0.862. The molecule has 4 nitrogen and oxygen atoms in total. The van der Waals surface area contributed by atoms with Crippen molar-refractivity contribution in [2.45, 2.75) is 0 Å². The van der Waals surface area contributed by atoms with E-state index in [0.717, 1.165) is 100 Å². The zero-order valence-corrected chi connectivity index (χ0v) is 31.5. The molecule has 0 atom stereocenters. The van der Waals surface area contributed by atoms with Crippen LogP contribution < -0.4 is 9.80 Å². The fourth-order valence-electron chi connectivity index (χ4n) is 8.35. The lowest BCUT2D eigenvalue weighted by atomic mass is 9.98. The molecular weight excluding hydrogens is 709 g/mol. The number of fused-ring (bicyclic) bond motifs is 6. The van der Waals surface area contributed by atoms with E-state index in [9.17, 15) is 0 Å². The summed E-state index contributed by atoms with van der Waals surface area (Å²) in [5, 5.41) is 4.42. The summed E-state index contributed by atoms with van der Waals surface area (Å²) < 4.78 is 13.1. The summed E-state index contributed by atoms with van der Waals surface area (Å²) in [5.74, 6) is 0. The van der Waals surface area contributed by atoms with Crippen molar-refractivity contribution >= 4 is 78.0 Å². The summed E-state index contributed by atoms with van der Waals surface area (Å²) in [5.41, 5.74) is 14.2. The van der Waals surface area contributed by atoms with Gasteiger partial charge >= 0.3 is 0 Å². The molecule has 11 aromatic rings. The van der Waals surface area contributed by atoms with E-state index in [0.29, 0.717) is 0 Å². The van der Waals surface area contributed by atoms with Crippen LogP contribution in [-0.2, 0) is 0 Å². The van der Waals surface area contributed by atoms with E-state index in [1.807, 2.05) is 24.3 Å². The van der Waals surface area contributed by atoms with Gasteiger partial charge in [-0.25, -0.2) is 0 Å². The Morgan fingerprint density at radius 1 is 0.259 bits per heavy atom. The summed E-state index contributed by atoms with van der Waals surface area (Å²) in [6, 6.07) is 76.7. The molecule has 0 unspecified atom stereocenters. The van der Waals surface area contributed by atoms with Gasteiger partial charge in [0.1, 0.15) is 11.2 Å². The molecule has 2 aromatic heterocycles. The number of rotatable bonds is 8. The normalized spacial score (nSPS) is 11.4. The molecule has 4 heteroatoms. The van der Waals surface area contributed by atoms with Crippen molar-refractivity contribution in [3.63, 3.8) is 0 Å². The first-order valence-corrected chi connectivity index (χ1v) is 19.6. The number of hydrogen-bond acceptors (Lipinski definition) is 4. The Morgan fingerprint density at radius 2 is 0.603 bits per heavy atom. The summed E-state index contributed by atoms with van der Waals surface area (Å²) in [6.07, 6.45) is 0. The first-order chi connectivity index (χ1) is 28.8. The predicted molar refractivity (Wildman–Crippen MR) is 241 cm³/mol. The van der Waals surface area contributed by atoms with Gasteiger partial charge in [0.2, 0.25) is 0 Å². The van der Waals surface area contributed by atoms with Crippen molar-refractivity contribution in [3.8, 4) is 22.3 Å². The third kappa shape index (κ3) is 5.78. The Labute approximate surface area is 336 Å². The van der Waals surface area contributed by atoms with Crippen molar-refractivity contribution in [2.24, 2.45) is 0 Å². The molecule has 11 rings (SSSR count). The molecule has 0 radical (unpaired) electrons. The van der Waals surface area contributed by atoms with E-state index in [4.69, 9.17) is 8.83 Å². The zero-order valence-electron chi connectivity index (χ0n) is 31.5. The molecule has 0 saturated carbocycles. The second kappa shape index (κ2) is 14.0. The molecule has 2 heterocycles. The maximum absolute atomic E-state index is 6.55. The monoisotopic (exact) mass is 744 g/mol. The molecule has 0 aliphatic heterocycles. The Hall–Kier alpha value is -7.82. The number of anilines is 6. The molecule has 0 bridgehead atoms. The van der Waals surface area contributed by atoms with Gasteiger partial charge < -0.3 is 18.6 Å².